The second-order valence-electron chi connectivity index (χ2n) is 5.27. The van der Waals surface area contributed by atoms with Crippen LogP contribution in [0.1, 0.15) is 19.2 Å². The number of nitrogens with zero attached hydrogens (tertiary/aromatic N) is 5. The smallest absolute Gasteiger partial charge is 0.163 e. The van der Waals surface area contributed by atoms with E-state index in [1.165, 1.54) is 17.9 Å². The number of rotatable bonds is 4. The molecule has 1 fully saturated rings. The zero-order valence-corrected chi connectivity index (χ0v) is 13.5. The number of fused-ring (bicyclic) bond motifs is 1. The van der Waals surface area contributed by atoms with Crippen LogP contribution >= 0.6 is 11.8 Å². The van der Waals surface area contributed by atoms with Gasteiger partial charge in [-0.3, -0.25) is 9.58 Å². The molecule has 6 nitrogen and oxygen atoms in total. The van der Waals surface area contributed by atoms with Crippen LogP contribution in [0.4, 0.5) is 5.82 Å². The molecule has 2 aromatic rings. The molecular formula is C14H22N6S. The van der Waals surface area contributed by atoms with Gasteiger partial charge in [-0.25, -0.2) is 9.97 Å². The lowest BCUT2D eigenvalue weighted by Gasteiger charge is -2.18. The molecule has 0 aliphatic carbocycles. The third-order valence-corrected chi connectivity index (χ3v) is 4.71. The van der Waals surface area contributed by atoms with Gasteiger partial charge in [-0.1, -0.05) is 0 Å². The van der Waals surface area contributed by atoms with Crippen molar-refractivity contribution < 1.29 is 0 Å². The second-order valence-corrected chi connectivity index (χ2v) is 6.49. The molecule has 21 heavy (non-hydrogen) atoms. The molecule has 1 aliphatic heterocycles. The molecule has 1 N–H and O–H groups in total. The summed E-state index contributed by atoms with van der Waals surface area (Å²) in [5, 5.41) is 8.62. The average Bonchev–Trinajstić information content (AvgIpc) is 2.69. The Morgan fingerprint density at radius 1 is 1.29 bits per heavy atom. The zero-order chi connectivity index (χ0) is 14.7. The van der Waals surface area contributed by atoms with E-state index in [1.54, 1.807) is 0 Å². The molecule has 3 heterocycles. The SMILES string of the molecule is CCNc1nc(CN2CCCSCC2)nc2c1cnn2C. The minimum atomic E-state index is 0.820. The topological polar surface area (TPSA) is 58.9 Å². The first-order chi connectivity index (χ1) is 10.3. The molecule has 0 atom stereocenters. The third kappa shape index (κ3) is 3.29. The first-order valence-corrected chi connectivity index (χ1v) is 8.66. The van der Waals surface area contributed by atoms with Gasteiger partial charge < -0.3 is 5.32 Å². The number of nitrogens with one attached hydrogen (secondary N) is 1. The number of anilines is 1. The van der Waals surface area contributed by atoms with E-state index in [0.717, 1.165) is 48.9 Å². The van der Waals surface area contributed by atoms with Gasteiger partial charge in [0.05, 0.1) is 18.1 Å². The van der Waals surface area contributed by atoms with Crippen molar-refractivity contribution in [3.63, 3.8) is 0 Å². The quantitative estimate of drug-likeness (QED) is 0.928. The molecule has 1 aliphatic rings. The van der Waals surface area contributed by atoms with Crippen LogP contribution in [0.2, 0.25) is 0 Å². The maximum atomic E-state index is 4.70. The first-order valence-electron chi connectivity index (χ1n) is 7.50. The fraction of sp³-hybridized carbons (Fsp3) is 0.643. The maximum Gasteiger partial charge on any atom is 0.163 e. The summed E-state index contributed by atoms with van der Waals surface area (Å²) >= 11 is 2.04. The maximum absolute atomic E-state index is 4.70. The number of hydrogen-bond donors (Lipinski definition) is 1. The highest BCUT2D eigenvalue weighted by molar-refractivity contribution is 7.99. The van der Waals surface area contributed by atoms with Gasteiger partial charge in [0.25, 0.3) is 0 Å². The van der Waals surface area contributed by atoms with Gasteiger partial charge in [0.1, 0.15) is 11.6 Å². The zero-order valence-electron chi connectivity index (χ0n) is 12.7. The highest BCUT2D eigenvalue weighted by atomic mass is 32.2. The Morgan fingerprint density at radius 2 is 2.19 bits per heavy atom. The Bertz CT molecular complexity index is 603. The summed E-state index contributed by atoms with van der Waals surface area (Å²) in [6.07, 6.45) is 3.08. The summed E-state index contributed by atoms with van der Waals surface area (Å²) in [5.74, 6) is 4.25. The lowest BCUT2D eigenvalue weighted by molar-refractivity contribution is 0.280. The molecule has 3 rings (SSSR count). The molecule has 0 spiro atoms. The van der Waals surface area contributed by atoms with Crippen LogP contribution in [0, 0.1) is 0 Å². The number of aromatic nitrogens is 4. The van der Waals surface area contributed by atoms with Gasteiger partial charge in [-0.05, 0) is 25.6 Å². The predicted molar refractivity (Wildman–Crippen MR) is 87.7 cm³/mol. The summed E-state index contributed by atoms with van der Waals surface area (Å²) in [7, 11) is 1.93. The van der Waals surface area contributed by atoms with Crippen LogP contribution in [-0.4, -0.2) is 55.8 Å². The van der Waals surface area contributed by atoms with E-state index in [9.17, 15) is 0 Å². The third-order valence-electron chi connectivity index (χ3n) is 3.66. The van der Waals surface area contributed by atoms with Gasteiger partial charge in [0, 0.05) is 25.9 Å². The molecule has 0 unspecified atom stereocenters. The van der Waals surface area contributed by atoms with Gasteiger partial charge in [0.15, 0.2) is 5.65 Å². The molecule has 0 bridgehead atoms. The minimum absolute atomic E-state index is 0.820. The normalized spacial score (nSPS) is 17.0. The summed E-state index contributed by atoms with van der Waals surface area (Å²) in [5.41, 5.74) is 0.903. The van der Waals surface area contributed by atoms with Gasteiger partial charge in [0.2, 0.25) is 0 Å². The van der Waals surface area contributed by atoms with Crippen molar-refractivity contribution in [3.05, 3.63) is 12.0 Å². The van der Waals surface area contributed by atoms with Crippen molar-refractivity contribution in [2.45, 2.75) is 19.9 Å². The highest BCUT2D eigenvalue weighted by Crippen LogP contribution is 2.20. The van der Waals surface area contributed by atoms with Crippen LogP contribution in [0.25, 0.3) is 11.0 Å². The summed E-state index contributed by atoms with van der Waals surface area (Å²) in [6, 6.07) is 0. The van der Waals surface area contributed by atoms with E-state index < -0.39 is 0 Å². The molecule has 114 valence electrons. The van der Waals surface area contributed by atoms with E-state index in [-0.39, 0.29) is 0 Å². The Labute approximate surface area is 129 Å². The largest absolute Gasteiger partial charge is 0.370 e. The monoisotopic (exact) mass is 306 g/mol. The van der Waals surface area contributed by atoms with E-state index in [1.807, 2.05) is 29.7 Å². The average molecular weight is 306 g/mol. The van der Waals surface area contributed by atoms with Crippen LogP contribution in [0.15, 0.2) is 6.20 Å². The van der Waals surface area contributed by atoms with Crippen molar-refractivity contribution in [2.24, 2.45) is 7.05 Å². The van der Waals surface area contributed by atoms with Crippen LogP contribution < -0.4 is 5.32 Å². The van der Waals surface area contributed by atoms with Gasteiger partial charge >= 0.3 is 0 Å². The highest BCUT2D eigenvalue weighted by Gasteiger charge is 2.15. The summed E-state index contributed by atoms with van der Waals surface area (Å²) < 4.78 is 1.82. The molecule has 0 saturated carbocycles. The molecule has 0 radical (unpaired) electrons. The first kappa shape index (κ1) is 14.6. The van der Waals surface area contributed by atoms with E-state index in [4.69, 9.17) is 9.97 Å². The number of aryl methyl sites for hydroxylation is 1. The Balaban J connectivity index is 1.88. The Kier molecular flexibility index (Phi) is 4.60. The fourth-order valence-corrected chi connectivity index (χ4v) is 3.52. The molecule has 2 aromatic heterocycles. The molecule has 0 amide bonds. The van der Waals surface area contributed by atoms with Crippen LogP contribution in [0.3, 0.4) is 0 Å². The molecule has 7 heteroatoms. The van der Waals surface area contributed by atoms with E-state index in [2.05, 4.69) is 22.2 Å². The van der Waals surface area contributed by atoms with Crippen molar-refractivity contribution in [1.29, 1.82) is 0 Å². The van der Waals surface area contributed by atoms with Crippen molar-refractivity contribution >= 4 is 28.6 Å². The molecule has 1 saturated heterocycles. The molecule has 0 aromatic carbocycles. The predicted octanol–water partition coefficient (Wildman–Crippen LogP) is 1.73. The Morgan fingerprint density at radius 3 is 3.05 bits per heavy atom. The minimum Gasteiger partial charge on any atom is -0.370 e. The van der Waals surface area contributed by atoms with Gasteiger partial charge in [-0.15, -0.1) is 0 Å². The Hall–Kier alpha value is -1.34. The summed E-state index contributed by atoms with van der Waals surface area (Å²) in [4.78, 5) is 11.9. The fourth-order valence-electron chi connectivity index (χ4n) is 2.60. The lowest BCUT2D eigenvalue weighted by Crippen LogP contribution is -2.26. The van der Waals surface area contributed by atoms with Crippen LogP contribution in [0.5, 0.6) is 0 Å². The van der Waals surface area contributed by atoms with Crippen molar-refractivity contribution in [2.75, 3.05) is 36.5 Å². The van der Waals surface area contributed by atoms with E-state index in [0.29, 0.717) is 0 Å². The van der Waals surface area contributed by atoms with Crippen LogP contribution in [-0.2, 0) is 13.6 Å². The number of thioether (sulfide) groups is 1. The summed E-state index contributed by atoms with van der Waals surface area (Å²) in [6.45, 7) is 6.00. The van der Waals surface area contributed by atoms with Gasteiger partial charge in [-0.2, -0.15) is 16.9 Å². The number of hydrogen-bond acceptors (Lipinski definition) is 6. The van der Waals surface area contributed by atoms with Crippen molar-refractivity contribution in [3.8, 4) is 0 Å². The molecular weight excluding hydrogens is 284 g/mol. The van der Waals surface area contributed by atoms with E-state index >= 15 is 0 Å². The standard InChI is InChI=1S/C14H22N6S/c1-3-15-13-11-9-16-19(2)14(11)18-12(17-13)10-20-5-4-7-21-8-6-20/h9H,3-8,10H2,1-2H3,(H,15,17,18). The second kappa shape index (κ2) is 6.62. The lowest BCUT2D eigenvalue weighted by atomic mass is 10.3. The van der Waals surface area contributed by atoms with Crippen molar-refractivity contribution in [1.82, 2.24) is 24.6 Å².